The third kappa shape index (κ3) is 2.92. The molecule has 4 nitrogen and oxygen atoms in total. The molecule has 1 unspecified atom stereocenters. The summed E-state index contributed by atoms with van der Waals surface area (Å²) in [4.78, 5) is 9.25. The number of pyridine rings is 1. The molecule has 5 heterocycles. The van der Waals surface area contributed by atoms with Gasteiger partial charge in [0.05, 0.1) is 0 Å². The number of hydrogen-bond acceptors (Lipinski definition) is 4. The molecule has 1 aromatic rings. The third-order valence-electron chi connectivity index (χ3n) is 5.63. The molecule has 4 heteroatoms. The van der Waals surface area contributed by atoms with Crippen LogP contribution in [0.1, 0.15) is 25.7 Å². The molecule has 0 aromatic carbocycles. The molecule has 1 N–H and O–H groups in total. The van der Waals surface area contributed by atoms with Gasteiger partial charge in [-0.05, 0) is 56.8 Å². The van der Waals surface area contributed by atoms with E-state index >= 15 is 0 Å². The van der Waals surface area contributed by atoms with Crippen LogP contribution in [0.25, 0.3) is 0 Å². The van der Waals surface area contributed by atoms with E-state index in [1.807, 2.05) is 12.4 Å². The molecule has 2 bridgehead atoms. The van der Waals surface area contributed by atoms with Gasteiger partial charge >= 0.3 is 0 Å². The van der Waals surface area contributed by atoms with Gasteiger partial charge in [-0.1, -0.05) is 0 Å². The Morgan fingerprint density at radius 3 is 2.29 bits per heavy atom. The SMILES string of the molecule is c1cc(N2CCC(NC3CN4CCC3CC4)CC2)ccn1. The van der Waals surface area contributed by atoms with Crippen LogP contribution in [0.2, 0.25) is 0 Å². The topological polar surface area (TPSA) is 31.4 Å². The highest BCUT2D eigenvalue weighted by Gasteiger charge is 2.35. The maximum absolute atomic E-state index is 4.11. The third-order valence-corrected chi connectivity index (χ3v) is 5.63. The summed E-state index contributed by atoms with van der Waals surface area (Å²) in [5, 5.41) is 3.98. The van der Waals surface area contributed by atoms with Gasteiger partial charge in [0, 0.05) is 49.8 Å². The molecular weight excluding hydrogens is 260 g/mol. The Hall–Kier alpha value is -1.13. The first-order valence-electron chi connectivity index (χ1n) is 8.52. The van der Waals surface area contributed by atoms with Crippen molar-refractivity contribution in [1.82, 2.24) is 15.2 Å². The Morgan fingerprint density at radius 2 is 1.67 bits per heavy atom. The Kier molecular flexibility index (Phi) is 3.82. The zero-order valence-corrected chi connectivity index (χ0v) is 12.7. The molecular formula is C17H26N4. The average Bonchev–Trinajstić information content (AvgIpc) is 2.57. The van der Waals surface area contributed by atoms with Crippen molar-refractivity contribution in [1.29, 1.82) is 0 Å². The molecule has 114 valence electrons. The largest absolute Gasteiger partial charge is 0.371 e. The normalized spacial score (nSPS) is 33.3. The molecule has 0 amide bonds. The Labute approximate surface area is 127 Å². The Bertz CT molecular complexity index is 447. The van der Waals surface area contributed by atoms with Crippen molar-refractivity contribution < 1.29 is 0 Å². The summed E-state index contributed by atoms with van der Waals surface area (Å²) in [6.07, 6.45) is 9.15. The van der Waals surface area contributed by atoms with Crippen molar-refractivity contribution in [2.24, 2.45) is 5.92 Å². The van der Waals surface area contributed by atoms with Gasteiger partial charge in [0.1, 0.15) is 0 Å². The van der Waals surface area contributed by atoms with Crippen LogP contribution in [0, 0.1) is 5.92 Å². The van der Waals surface area contributed by atoms with Crippen molar-refractivity contribution in [3.05, 3.63) is 24.5 Å². The van der Waals surface area contributed by atoms with Gasteiger partial charge < -0.3 is 15.1 Å². The number of fused-ring (bicyclic) bond motifs is 3. The highest BCUT2D eigenvalue weighted by molar-refractivity contribution is 5.44. The van der Waals surface area contributed by atoms with E-state index in [1.165, 1.54) is 64.1 Å². The highest BCUT2D eigenvalue weighted by Crippen LogP contribution is 2.28. The van der Waals surface area contributed by atoms with Crippen molar-refractivity contribution in [3.8, 4) is 0 Å². The van der Waals surface area contributed by atoms with Gasteiger partial charge in [-0.25, -0.2) is 0 Å². The molecule has 4 fully saturated rings. The summed E-state index contributed by atoms with van der Waals surface area (Å²) in [5.74, 6) is 0.938. The number of anilines is 1. The standard InChI is InChI=1S/C17H26N4/c1-7-18-8-2-16(1)21-11-5-15(6-12-21)19-17-13-20-9-3-14(17)4-10-20/h1-2,7-8,14-15,17,19H,3-6,9-13H2. The van der Waals surface area contributed by atoms with E-state index in [2.05, 4.69) is 32.2 Å². The number of piperidine rings is 4. The first-order chi connectivity index (χ1) is 10.4. The van der Waals surface area contributed by atoms with Crippen LogP contribution >= 0.6 is 0 Å². The van der Waals surface area contributed by atoms with Crippen molar-refractivity contribution >= 4 is 5.69 Å². The lowest BCUT2D eigenvalue weighted by Gasteiger charge is -2.47. The maximum Gasteiger partial charge on any atom is 0.0397 e. The predicted octanol–water partition coefficient (Wildman–Crippen LogP) is 1.73. The fourth-order valence-corrected chi connectivity index (χ4v) is 4.32. The maximum atomic E-state index is 4.11. The van der Waals surface area contributed by atoms with Gasteiger partial charge in [-0.3, -0.25) is 4.98 Å². The summed E-state index contributed by atoms with van der Waals surface area (Å²) < 4.78 is 0. The van der Waals surface area contributed by atoms with E-state index in [0.29, 0.717) is 6.04 Å². The number of rotatable bonds is 3. The van der Waals surface area contributed by atoms with Crippen LogP contribution in [0.4, 0.5) is 5.69 Å². The van der Waals surface area contributed by atoms with Gasteiger partial charge in [0.2, 0.25) is 0 Å². The molecule has 4 aliphatic heterocycles. The molecule has 0 aliphatic carbocycles. The molecule has 5 rings (SSSR count). The van der Waals surface area contributed by atoms with Crippen molar-refractivity contribution in [2.45, 2.75) is 37.8 Å². The molecule has 21 heavy (non-hydrogen) atoms. The lowest BCUT2D eigenvalue weighted by molar-refractivity contribution is 0.0652. The zero-order chi connectivity index (χ0) is 14.1. The van der Waals surface area contributed by atoms with Crippen LogP contribution in [-0.2, 0) is 0 Å². The average molecular weight is 286 g/mol. The second-order valence-corrected chi connectivity index (χ2v) is 6.88. The first kappa shape index (κ1) is 13.5. The summed E-state index contributed by atoms with van der Waals surface area (Å²) in [7, 11) is 0. The second-order valence-electron chi connectivity index (χ2n) is 6.88. The Morgan fingerprint density at radius 1 is 0.952 bits per heavy atom. The lowest BCUT2D eigenvalue weighted by Crippen LogP contribution is -2.59. The van der Waals surface area contributed by atoms with E-state index < -0.39 is 0 Å². The Balaban J connectivity index is 1.30. The second kappa shape index (κ2) is 5.93. The van der Waals surface area contributed by atoms with E-state index in [0.717, 1.165) is 12.0 Å². The quantitative estimate of drug-likeness (QED) is 0.917. The van der Waals surface area contributed by atoms with Crippen molar-refractivity contribution in [2.75, 3.05) is 37.6 Å². The van der Waals surface area contributed by atoms with E-state index in [4.69, 9.17) is 0 Å². The summed E-state index contributed by atoms with van der Waals surface area (Å²) in [6.45, 7) is 6.30. The fraction of sp³-hybridized carbons (Fsp3) is 0.706. The molecule has 0 spiro atoms. The van der Waals surface area contributed by atoms with E-state index in [-0.39, 0.29) is 0 Å². The van der Waals surface area contributed by atoms with Crippen LogP contribution in [0.15, 0.2) is 24.5 Å². The predicted molar refractivity (Wildman–Crippen MR) is 85.6 cm³/mol. The van der Waals surface area contributed by atoms with Crippen LogP contribution in [0.3, 0.4) is 0 Å². The summed E-state index contributed by atoms with van der Waals surface area (Å²) in [5.41, 5.74) is 1.33. The zero-order valence-electron chi connectivity index (χ0n) is 12.7. The summed E-state index contributed by atoms with van der Waals surface area (Å²) >= 11 is 0. The van der Waals surface area contributed by atoms with Crippen LogP contribution in [-0.4, -0.2) is 54.7 Å². The smallest absolute Gasteiger partial charge is 0.0397 e. The molecule has 0 saturated carbocycles. The first-order valence-corrected chi connectivity index (χ1v) is 8.52. The van der Waals surface area contributed by atoms with Crippen LogP contribution in [0.5, 0.6) is 0 Å². The molecule has 4 saturated heterocycles. The molecule has 0 radical (unpaired) electrons. The summed E-state index contributed by atoms with van der Waals surface area (Å²) in [6, 6.07) is 5.72. The van der Waals surface area contributed by atoms with Gasteiger partial charge in [0.25, 0.3) is 0 Å². The number of nitrogens with zero attached hydrogens (tertiary/aromatic N) is 3. The van der Waals surface area contributed by atoms with Gasteiger partial charge in [-0.2, -0.15) is 0 Å². The highest BCUT2D eigenvalue weighted by atomic mass is 15.2. The number of aromatic nitrogens is 1. The minimum absolute atomic E-state index is 0.716. The number of nitrogens with one attached hydrogen (secondary N) is 1. The molecule has 1 atom stereocenters. The van der Waals surface area contributed by atoms with Gasteiger partial charge in [-0.15, -0.1) is 0 Å². The van der Waals surface area contributed by atoms with E-state index in [9.17, 15) is 0 Å². The molecule has 1 aromatic heterocycles. The molecule has 4 aliphatic rings. The van der Waals surface area contributed by atoms with Gasteiger partial charge in [0.15, 0.2) is 0 Å². The van der Waals surface area contributed by atoms with Crippen LogP contribution < -0.4 is 10.2 Å². The van der Waals surface area contributed by atoms with Crippen molar-refractivity contribution in [3.63, 3.8) is 0 Å². The monoisotopic (exact) mass is 286 g/mol. The minimum atomic E-state index is 0.716. The lowest BCUT2D eigenvalue weighted by atomic mass is 9.83. The van der Waals surface area contributed by atoms with E-state index in [1.54, 1.807) is 0 Å². The number of hydrogen-bond donors (Lipinski definition) is 1. The fourth-order valence-electron chi connectivity index (χ4n) is 4.32. The minimum Gasteiger partial charge on any atom is -0.371 e.